The van der Waals surface area contributed by atoms with Crippen molar-refractivity contribution in [3.05, 3.63) is 36.0 Å². The molecule has 1 N–H and O–H groups in total. The zero-order valence-electron chi connectivity index (χ0n) is 15.0. The van der Waals surface area contributed by atoms with Crippen LogP contribution in [0.2, 0.25) is 0 Å². The third-order valence-electron chi connectivity index (χ3n) is 3.78. The highest BCUT2D eigenvalue weighted by Gasteiger charge is 2.13. The van der Waals surface area contributed by atoms with E-state index in [9.17, 15) is 5.26 Å². The Bertz CT molecular complexity index is 728. The van der Waals surface area contributed by atoms with Gasteiger partial charge in [-0.2, -0.15) is 5.26 Å². The molecule has 1 heterocycles. The maximum absolute atomic E-state index is 9.49. The Labute approximate surface area is 148 Å². The van der Waals surface area contributed by atoms with Gasteiger partial charge in [0.2, 0.25) is 5.95 Å². The Hall–Kier alpha value is -2.65. The van der Waals surface area contributed by atoms with Gasteiger partial charge in [0, 0.05) is 38.4 Å². The summed E-state index contributed by atoms with van der Waals surface area (Å²) in [6.45, 7) is 5.43. The number of ether oxygens (including phenoxy) is 2. The Morgan fingerprint density at radius 2 is 2.12 bits per heavy atom. The number of rotatable bonds is 9. The van der Waals surface area contributed by atoms with Crippen LogP contribution in [0.4, 0.5) is 5.95 Å². The van der Waals surface area contributed by atoms with Gasteiger partial charge in [0.15, 0.2) is 0 Å². The van der Waals surface area contributed by atoms with Crippen molar-refractivity contribution in [3.8, 4) is 23.1 Å². The number of nitriles is 1. The van der Waals surface area contributed by atoms with Crippen LogP contribution in [0, 0.1) is 11.3 Å². The average Bonchev–Trinajstić information content (AvgIpc) is 2.65. The van der Waals surface area contributed by atoms with Crippen molar-refractivity contribution < 1.29 is 9.47 Å². The monoisotopic (exact) mass is 340 g/mol. The van der Waals surface area contributed by atoms with Crippen LogP contribution in [-0.4, -0.2) is 36.3 Å². The second-order valence-electron chi connectivity index (χ2n) is 5.55. The third-order valence-corrected chi connectivity index (χ3v) is 3.78. The molecule has 6 nitrogen and oxygen atoms in total. The van der Waals surface area contributed by atoms with Gasteiger partial charge in [0.25, 0.3) is 0 Å². The van der Waals surface area contributed by atoms with Crippen molar-refractivity contribution in [2.75, 3.05) is 25.6 Å². The summed E-state index contributed by atoms with van der Waals surface area (Å²) in [5.41, 5.74) is 2.12. The van der Waals surface area contributed by atoms with E-state index in [1.807, 2.05) is 25.1 Å². The lowest BCUT2D eigenvalue weighted by Gasteiger charge is -2.18. The summed E-state index contributed by atoms with van der Waals surface area (Å²) in [6.07, 6.45) is 3.37. The number of nitrogens with zero attached hydrogens (tertiary/aromatic N) is 3. The van der Waals surface area contributed by atoms with Crippen molar-refractivity contribution in [1.82, 2.24) is 9.97 Å². The molecule has 1 aromatic heterocycles. The van der Waals surface area contributed by atoms with Crippen LogP contribution in [0.1, 0.15) is 32.3 Å². The summed E-state index contributed by atoms with van der Waals surface area (Å²) >= 11 is 0. The molecule has 0 radical (unpaired) electrons. The van der Waals surface area contributed by atoms with Gasteiger partial charge in [-0.05, 0) is 37.6 Å². The van der Waals surface area contributed by atoms with E-state index in [-0.39, 0.29) is 6.10 Å². The van der Waals surface area contributed by atoms with Crippen molar-refractivity contribution in [2.45, 2.75) is 32.8 Å². The minimum Gasteiger partial charge on any atom is -0.489 e. The van der Waals surface area contributed by atoms with Gasteiger partial charge < -0.3 is 14.8 Å². The molecule has 132 valence electrons. The predicted molar refractivity (Wildman–Crippen MR) is 97.5 cm³/mol. The topological polar surface area (TPSA) is 80.1 Å². The molecule has 1 atom stereocenters. The Morgan fingerprint density at radius 3 is 2.80 bits per heavy atom. The zero-order chi connectivity index (χ0) is 18.1. The van der Waals surface area contributed by atoms with Crippen molar-refractivity contribution in [2.24, 2.45) is 0 Å². The minimum absolute atomic E-state index is 0.0253. The highest BCUT2D eigenvalue weighted by Crippen LogP contribution is 2.27. The number of methoxy groups -OCH3 is 1. The SMILES string of the molecule is CCNc1nccc(-c2ccc(OC(CC)CCOC)c(C#N)c2)n1. The van der Waals surface area contributed by atoms with E-state index in [1.165, 1.54) is 0 Å². The van der Waals surface area contributed by atoms with Gasteiger partial charge >= 0.3 is 0 Å². The fourth-order valence-electron chi connectivity index (χ4n) is 2.42. The van der Waals surface area contributed by atoms with E-state index >= 15 is 0 Å². The quantitative estimate of drug-likeness (QED) is 0.750. The highest BCUT2D eigenvalue weighted by molar-refractivity contribution is 5.64. The van der Waals surface area contributed by atoms with Crippen molar-refractivity contribution >= 4 is 5.95 Å². The molecule has 0 aliphatic carbocycles. The molecule has 1 unspecified atom stereocenters. The number of nitrogens with one attached hydrogen (secondary N) is 1. The molecule has 0 spiro atoms. The molecule has 0 aliphatic rings. The molecule has 0 saturated heterocycles. The lowest BCUT2D eigenvalue weighted by atomic mass is 10.1. The van der Waals surface area contributed by atoms with Crippen molar-refractivity contribution in [3.63, 3.8) is 0 Å². The van der Waals surface area contributed by atoms with E-state index in [2.05, 4.69) is 28.3 Å². The number of hydrogen-bond acceptors (Lipinski definition) is 6. The molecule has 6 heteroatoms. The largest absolute Gasteiger partial charge is 0.489 e. The zero-order valence-corrected chi connectivity index (χ0v) is 15.0. The van der Waals surface area contributed by atoms with E-state index in [1.54, 1.807) is 19.4 Å². The summed E-state index contributed by atoms with van der Waals surface area (Å²) < 4.78 is 11.1. The molecule has 2 aromatic rings. The van der Waals surface area contributed by atoms with Crippen LogP contribution in [-0.2, 0) is 4.74 Å². The predicted octanol–water partition coefficient (Wildman–Crippen LogP) is 3.64. The third kappa shape index (κ3) is 5.16. The second-order valence-corrected chi connectivity index (χ2v) is 5.55. The first kappa shape index (κ1) is 18.7. The van der Waals surface area contributed by atoms with E-state index in [4.69, 9.17) is 9.47 Å². The number of benzene rings is 1. The fraction of sp³-hybridized carbons (Fsp3) is 0.421. The second kappa shape index (κ2) is 9.60. The molecule has 0 bridgehead atoms. The summed E-state index contributed by atoms with van der Waals surface area (Å²) in [7, 11) is 1.67. The molecule has 0 fully saturated rings. The van der Waals surface area contributed by atoms with Gasteiger partial charge in [-0.1, -0.05) is 6.92 Å². The van der Waals surface area contributed by atoms with Crippen LogP contribution in [0.25, 0.3) is 11.3 Å². The normalized spacial score (nSPS) is 11.6. The van der Waals surface area contributed by atoms with Crippen LogP contribution in [0.15, 0.2) is 30.5 Å². The molecule has 0 saturated carbocycles. The molecule has 1 aromatic carbocycles. The maximum Gasteiger partial charge on any atom is 0.223 e. The number of anilines is 1. The summed E-state index contributed by atoms with van der Waals surface area (Å²) in [4.78, 5) is 8.64. The summed E-state index contributed by atoms with van der Waals surface area (Å²) in [5, 5.41) is 12.6. The minimum atomic E-state index is 0.0253. The smallest absolute Gasteiger partial charge is 0.223 e. The molecule has 25 heavy (non-hydrogen) atoms. The maximum atomic E-state index is 9.49. The van der Waals surface area contributed by atoms with Gasteiger partial charge in [-0.25, -0.2) is 9.97 Å². The lowest BCUT2D eigenvalue weighted by molar-refractivity contribution is 0.123. The molecule has 0 aliphatic heterocycles. The Balaban J connectivity index is 2.24. The first-order valence-corrected chi connectivity index (χ1v) is 8.48. The standard InChI is InChI=1S/C19H24N4O2/c1-4-16(9-11-24-3)25-18-7-6-14(12-15(18)13-20)17-8-10-22-19(23-17)21-5-2/h6-8,10,12,16H,4-5,9,11H2,1-3H3,(H,21,22,23). The van der Waals surface area contributed by atoms with Gasteiger partial charge in [-0.3, -0.25) is 0 Å². The van der Waals surface area contributed by atoms with Gasteiger partial charge in [0.1, 0.15) is 17.9 Å². The van der Waals surface area contributed by atoms with Gasteiger partial charge in [0.05, 0.1) is 11.3 Å². The molecular weight excluding hydrogens is 316 g/mol. The Morgan fingerprint density at radius 1 is 1.28 bits per heavy atom. The summed E-state index contributed by atoms with van der Waals surface area (Å²) in [6, 6.07) is 9.59. The molecule has 2 rings (SSSR count). The van der Waals surface area contributed by atoms with E-state index in [0.717, 1.165) is 30.6 Å². The number of aromatic nitrogens is 2. The van der Waals surface area contributed by atoms with Gasteiger partial charge in [-0.15, -0.1) is 0 Å². The van der Waals surface area contributed by atoms with Crippen LogP contribution >= 0.6 is 0 Å². The van der Waals surface area contributed by atoms with Crippen LogP contribution in [0.5, 0.6) is 5.75 Å². The van der Waals surface area contributed by atoms with Crippen LogP contribution < -0.4 is 10.1 Å². The molecule has 0 amide bonds. The van der Waals surface area contributed by atoms with E-state index in [0.29, 0.717) is 23.9 Å². The fourth-order valence-corrected chi connectivity index (χ4v) is 2.42. The van der Waals surface area contributed by atoms with Crippen molar-refractivity contribution in [1.29, 1.82) is 5.26 Å². The molecular formula is C19H24N4O2. The highest BCUT2D eigenvalue weighted by atomic mass is 16.5. The van der Waals surface area contributed by atoms with E-state index < -0.39 is 0 Å². The first-order chi connectivity index (χ1) is 12.2. The average molecular weight is 340 g/mol. The Kier molecular flexibility index (Phi) is 7.17. The van der Waals surface area contributed by atoms with Crippen LogP contribution in [0.3, 0.4) is 0 Å². The summed E-state index contributed by atoms with van der Waals surface area (Å²) in [5.74, 6) is 1.17. The first-order valence-electron chi connectivity index (χ1n) is 8.48. The number of hydrogen-bond donors (Lipinski definition) is 1. The lowest BCUT2D eigenvalue weighted by Crippen LogP contribution is -2.18.